The zero-order chi connectivity index (χ0) is 12.4. The van der Waals surface area contributed by atoms with Crippen LogP contribution in [0.1, 0.15) is 37.7 Å². The van der Waals surface area contributed by atoms with Gasteiger partial charge in [0.25, 0.3) is 0 Å². The van der Waals surface area contributed by atoms with Crippen LogP contribution in [-0.2, 0) is 5.41 Å². The minimum absolute atomic E-state index is 0. The van der Waals surface area contributed by atoms with Gasteiger partial charge >= 0.3 is 0 Å². The van der Waals surface area contributed by atoms with Crippen molar-refractivity contribution in [2.75, 3.05) is 20.2 Å². The number of rotatable bonds is 2. The Morgan fingerprint density at radius 3 is 2.95 bits per heavy atom. The van der Waals surface area contributed by atoms with E-state index in [4.69, 9.17) is 4.74 Å². The lowest BCUT2D eigenvalue weighted by Gasteiger charge is -2.35. The Kier molecular flexibility index (Phi) is 4.91. The molecule has 1 saturated carbocycles. The third-order valence-corrected chi connectivity index (χ3v) is 4.97. The molecule has 0 amide bonds. The maximum atomic E-state index is 5.41. The molecule has 2 nitrogen and oxygen atoms in total. The van der Waals surface area contributed by atoms with Gasteiger partial charge in [-0.05, 0) is 67.8 Å². The van der Waals surface area contributed by atoms with Gasteiger partial charge in [0.1, 0.15) is 5.75 Å². The van der Waals surface area contributed by atoms with Gasteiger partial charge in [0, 0.05) is 0 Å². The normalized spacial score (nSPS) is 30.1. The monoisotopic (exact) mass is 325 g/mol. The fourth-order valence-electron chi connectivity index (χ4n) is 4.03. The number of hydrogen-bond donors (Lipinski definition) is 1. The summed E-state index contributed by atoms with van der Waals surface area (Å²) < 4.78 is 5.41. The second-order valence-electron chi connectivity index (χ2n) is 5.78. The maximum Gasteiger partial charge on any atom is 0.119 e. The van der Waals surface area contributed by atoms with E-state index in [2.05, 4.69) is 29.6 Å². The number of ether oxygens (including phenoxy) is 1. The van der Waals surface area contributed by atoms with E-state index in [1.165, 1.54) is 50.8 Å². The molecular formula is C16H24BrNO. The van der Waals surface area contributed by atoms with Gasteiger partial charge in [0.15, 0.2) is 0 Å². The lowest BCUT2D eigenvalue weighted by atomic mass is 9.70. The predicted molar refractivity (Wildman–Crippen MR) is 84.4 cm³/mol. The van der Waals surface area contributed by atoms with Crippen molar-refractivity contribution in [3.63, 3.8) is 0 Å². The topological polar surface area (TPSA) is 21.3 Å². The first kappa shape index (κ1) is 14.9. The average Bonchev–Trinajstić information content (AvgIpc) is 2.73. The van der Waals surface area contributed by atoms with Gasteiger partial charge in [-0.25, -0.2) is 0 Å². The Bertz CT molecular complexity index is 423. The molecular weight excluding hydrogens is 302 g/mol. The molecule has 0 aromatic heterocycles. The van der Waals surface area contributed by atoms with Crippen molar-refractivity contribution in [1.29, 1.82) is 0 Å². The van der Waals surface area contributed by atoms with Crippen LogP contribution in [0.25, 0.3) is 0 Å². The molecule has 0 radical (unpaired) electrons. The van der Waals surface area contributed by atoms with Gasteiger partial charge in [0.05, 0.1) is 7.11 Å². The van der Waals surface area contributed by atoms with Gasteiger partial charge in [-0.3, -0.25) is 0 Å². The Balaban J connectivity index is 0.00000133. The Morgan fingerprint density at radius 1 is 1.26 bits per heavy atom. The fraction of sp³-hybridized carbons (Fsp3) is 0.625. The van der Waals surface area contributed by atoms with Crippen LogP contribution in [-0.4, -0.2) is 20.2 Å². The zero-order valence-electron chi connectivity index (χ0n) is 11.7. The van der Waals surface area contributed by atoms with Crippen molar-refractivity contribution >= 4 is 17.0 Å². The van der Waals surface area contributed by atoms with Crippen LogP contribution in [0, 0.1) is 5.92 Å². The number of benzene rings is 1. The summed E-state index contributed by atoms with van der Waals surface area (Å²) in [4.78, 5) is 0. The number of nitrogens with one attached hydrogen (secondary N) is 1. The van der Waals surface area contributed by atoms with Gasteiger partial charge in [-0.2, -0.15) is 0 Å². The zero-order valence-corrected chi connectivity index (χ0v) is 13.4. The van der Waals surface area contributed by atoms with Crippen LogP contribution >= 0.6 is 17.0 Å². The first-order valence-corrected chi connectivity index (χ1v) is 7.20. The maximum absolute atomic E-state index is 5.41. The summed E-state index contributed by atoms with van der Waals surface area (Å²) in [6.07, 6.45) is 6.74. The van der Waals surface area contributed by atoms with Crippen LogP contribution < -0.4 is 10.1 Å². The van der Waals surface area contributed by atoms with E-state index in [1.54, 1.807) is 7.11 Å². The van der Waals surface area contributed by atoms with Crippen molar-refractivity contribution in [2.45, 2.75) is 37.5 Å². The molecule has 2 unspecified atom stereocenters. The van der Waals surface area contributed by atoms with E-state index in [0.29, 0.717) is 5.41 Å². The Hall–Kier alpha value is -0.540. The van der Waals surface area contributed by atoms with Gasteiger partial charge in [0.2, 0.25) is 0 Å². The molecule has 2 fully saturated rings. The Labute approximate surface area is 126 Å². The summed E-state index contributed by atoms with van der Waals surface area (Å²) in [5.74, 6) is 1.82. The summed E-state index contributed by atoms with van der Waals surface area (Å²) in [6, 6.07) is 8.78. The first-order valence-electron chi connectivity index (χ1n) is 7.20. The van der Waals surface area contributed by atoms with E-state index >= 15 is 0 Å². The van der Waals surface area contributed by atoms with Crippen molar-refractivity contribution in [3.05, 3.63) is 29.8 Å². The second-order valence-corrected chi connectivity index (χ2v) is 5.78. The SMILES string of the molecule is Br.COc1cccc(C23CCCNCC2CCC3)c1. The number of fused-ring (bicyclic) bond motifs is 1. The summed E-state index contributed by atoms with van der Waals surface area (Å²) in [7, 11) is 1.76. The molecule has 106 valence electrons. The summed E-state index contributed by atoms with van der Waals surface area (Å²) in [6.45, 7) is 2.37. The largest absolute Gasteiger partial charge is 0.497 e. The van der Waals surface area contributed by atoms with E-state index < -0.39 is 0 Å². The lowest BCUT2D eigenvalue weighted by molar-refractivity contribution is 0.305. The molecule has 1 N–H and O–H groups in total. The first-order chi connectivity index (χ1) is 8.85. The third kappa shape index (κ3) is 2.68. The molecule has 3 heteroatoms. The van der Waals surface area contributed by atoms with Crippen LogP contribution in [0.15, 0.2) is 24.3 Å². The number of methoxy groups -OCH3 is 1. The van der Waals surface area contributed by atoms with Gasteiger partial charge in [-0.15, -0.1) is 17.0 Å². The number of halogens is 1. The highest BCUT2D eigenvalue weighted by Crippen LogP contribution is 2.49. The fourth-order valence-corrected chi connectivity index (χ4v) is 4.03. The quantitative estimate of drug-likeness (QED) is 0.895. The molecule has 0 bridgehead atoms. The molecule has 1 heterocycles. The molecule has 2 atom stereocenters. The van der Waals surface area contributed by atoms with Crippen LogP contribution in [0.3, 0.4) is 0 Å². The minimum Gasteiger partial charge on any atom is -0.497 e. The Morgan fingerprint density at radius 2 is 2.11 bits per heavy atom. The van der Waals surface area contributed by atoms with Gasteiger partial charge < -0.3 is 10.1 Å². The highest BCUT2D eigenvalue weighted by atomic mass is 79.9. The van der Waals surface area contributed by atoms with Crippen LogP contribution in [0.5, 0.6) is 5.75 Å². The lowest BCUT2D eigenvalue weighted by Crippen LogP contribution is -2.33. The number of hydrogen-bond acceptors (Lipinski definition) is 2. The summed E-state index contributed by atoms with van der Waals surface area (Å²) in [5, 5.41) is 3.61. The molecule has 19 heavy (non-hydrogen) atoms. The molecule has 1 aliphatic heterocycles. The van der Waals surface area contributed by atoms with Crippen molar-refractivity contribution in [1.82, 2.24) is 5.32 Å². The molecule has 0 spiro atoms. The molecule has 1 aliphatic carbocycles. The molecule has 1 aromatic rings. The minimum atomic E-state index is 0. The van der Waals surface area contributed by atoms with E-state index in [-0.39, 0.29) is 17.0 Å². The van der Waals surface area contributed by atoms with Crippen molar-refractivity contribution < 1.29 is 4.74 Å². The standard InChI is InChI=1S/C16H23NO.BrH/c1-18-15-7-2-5-13(11-15)16-8-3-6-14(16)12-17-10-4-9-16;/h2,5,7,11,14,17H,3-4,6,8-10,12H2,1H3;1H. The molecule has 3 rings (SSSR count). The highest BCUT2D eigenvalue weighted by Gasteiger charge is 2.44. The molecule has 1 saturated heterocycles. The third-order valence-electron chi connectivity index (χ3n) is 4.97. The van der Waals surface area contributed by atoms with Crippen molar-refractivity contribution in [2.24, 2.45) is 5.92 Å². The molecule has 2 aliphatic rings. The highest BCUT2D eigenvalue weighted by molar-refractivity contribution is 8.93. The van der Waals surface area contributed by atoms with E-state index in [1.807, 2.05) is 0 Å². The van der Waals surface area contributed by atoms with E-state index in [9.17, 15) is 0 Å². The van der Waals surface area contributed by atoms with Gasteiger partial charge in [-0.1, -0.05) is 18.6 Å². The van der Waals surface area contributed by atoms with E-state index in [0.717, 1.165) is 11.7 Å². The molecule has 1 aromatic carbocycles. The average molecular weight is 326 g/mol. The predicted octanol–water partition coefficient (Wildman–Crippen LogP) is 3.69. The smallest absolute Gasteiger partial charge is 0.119 e. The summed E-state index contributed by atoms with van der Waals surface area (Å²) in [5.41, 5.74) is 1.92. The van der Waals surface area contributed by atoms with Crippen molar-refractivity contribution in [3.8, 4) is 5.75 Å². The summed E-state index contributed by atoms with van der Waals surface area (Å²) >= 11 is 0. The second kappa shape index (κ2) is 6.27. The van der Waals surface area contributed by atoms with Crippen LogP contribution in [0.4, 0.5) is 0 Å². The van der Waals surface area contributed by atoms with Crippen LogP contribution in [0.2, 0.25) is 0 Å².